The van der Waals surface area contributed by atoms with Crippen molar-refractivity contribution in [3.05, 3.63) is 234 Å². The Kier molecular flexibility index (Phi) is 27.1. The summed E-state index contributed by atoms with van der Waals surface area (Å²) in [5, 5.41) is 65.2. The van der Waals surface area contributed by atoms with Gasteiger partial charge < -0.3 is 58.0 Å². The van der Waals surface area contributed by atoms with Crippen LogP contribution in [-0.2, 0) is 51.8 Å². The predicted octanol–water partition coefficient (Wildman–Crippen LogP) is 7.68. The topological polar surface area (TPSA) is 302 Å². The number of nitrogens with zero attached hydrogens (tertiary/aromatic N) is 10. The van der Waals surface area contributed by atoms with Crippen molar-refractivity contribution in [3.8, 4) is 46.2 Å². The summed E-state index contributed by atoms with van der Waals surface area (Å²) < 4.78 is 108. The molecule has 0 aliphatic heterocycles. The molecule has 0 aliphatic rings. The van der Waals surface area contributed by atoms with E-state index in [0.29, 0.717) is 57.1 Å². The molecule has 0 fully saturated rings. The van der Waals surface area contributed by atoms with Crippen molar-refractivity contribution in [3.63, 3.8) is 0 Å². The fourth-order valence-electron chi connectivity index (χ4n) is 11.1. The van der Waals surface area contributed by atoms with Crippen LogP contribution in [0.4, 0.5) is 30.7 Å². The Balaban J connectivity index is 0.000000264. The van der Waals surface area contributed by atoms with Gasteiger partial charge in [-0.2, -0.15) is 23.7 Å². The van der Waals surface area contributed by atoms with Crippen LogP contribution < -0.4 is 52.2 Å². The van der Waals surface area contributed by atoms with E-state index < -0.39 is 82.5 Å². The van der Waals surface area contributed by atoms with Gasteiger partial charge >= 0.3 is 18.1 Å². The van der Waals surface area contributed by atoms with E-state index in [0.717, 1.165) is 68.8 Å². The minimum atomic E-state index is -5.19. The number of thiazole rings is 2. The molecule has 20 nitrogen and oxygen atoms in total. The number of halogens is 8. The van der Waals surface area contributed by atoms with E-state index in [1.54, 1.807) is 87.7 Å². The molecular weight excluding hydrogens is 1460 g/mol. The number of aryl methyl sites for hydroxylation is 4. The number of aliphatic carboxylic acids is 1. The van der Waals surface area contributed by atoms with Gasteiger partial charge in [0.25, 0.3) is 12.7 Å². The lowest BCUT2D eigenvalue weighted by molar-refractivity contribution is -0.689. The highest BCUT2D eigenvalue weighted by molar-refractivity contribution is 7.10. The van der Waals surface area contributed by atoms with Crippen molar-refractivity contribution < 1.29 is 96.0 Å². The smallest absolute Gasteiger partial charge is 0.430 e. The van der Waals surface area contributed by atoms with Gasteiger partial charge in [0.2, 0.25) is 12.7 Å². The molecular formula is C74H74BrF7N12O8S2. The summed E-state index contributed by atoms with van der Waals surface area (Å²) in [5.41, 5.74) is 17.0. The van der Waals surface area contributed by atoms with Crippen LogP contribution in [0.15, 0.2) is 145 Å². The average molecular weight is 1540 g/mol. The Hall–Kier alpha value is -9.92. The second kappa shape index (κ2) is 34.6. The molecule has 546 valence electrons. The van der Waals surface area contributed by atoms with E-state index >= 15 is 8.78 Å². The lowest BCUT2D eigenvalue weighted by Gasteiger charge is -2.32. The molecule has 30 heteroatoms. The first-order chi connectivity index (χ1) is 48.5. The van der Waals surface area contributed by atoms with Gasteiger partial charge in [-0.3, -0.25) is 0 Å². The third-order valence-electron chi connectivity index (χ3n) is 17.1. The fourth-order valence-corrected chi connectivity index (χ4v) is 13.0. The summed E-state index contributed by atoms with van der Waals surface area (Å²) in [6, 6.07) is 30.6. The summed E-state index contributed by atoms with van der Waals surface area (Å²) >= 11 is 2.63. The van der Waals surface area contributed by atoms with Gasteiger partial charge in [-0.15, -0.1) is 32.0 Å². The molecule has 0 saturated heterocycles. The molecule has 104 heavy (non-hydrogen) atoms. The molecule has 6 aromatic carbocycles. The van der Waals surface area contributed by atoms with Gasteiger partial charge in [-0.05, 0) is 134 Å². The maximum atomic E-state index is 15.3. The molecule has 10 rings (SSSR count). The zero-order chi connectivity index (χ0) is 75.6. The normalized spacial score (nSPS) is 13.6. The number of carbonyl (C=O) groups excluding carboxylic acids is 3. The predicted molar refractivity (Wildman–Crippen MR) is 365 cm³/mol. The number of nitrogens with two attached hydrogens (primary N) is 2. The first-order valence-corrected chi connectivity index (χ1v) is 33.8. The van der Waals surface area contributed by atoms with Crippen molar-refractivity contribution in [1.82, 2.24) is 29.5 Å². The van der Waals surface area contributed by atoms with Gasteiger partial charge in [-0.1, -0.05) is 77.9 Å². The molecule has 0 amide bonds. The minimum absolute atomic E-state index is 0. The summed E-state index contributed by atoms with van der Waals surface area (Å²) in [6.07, 6.45) is 1.39. The molecule has 10 aromatic rings. The Bertz CT molecular complexity index is 4450. The lowest BCUT2D eigenvalue weighted by Crippen LogP contribution is -3.00. The van der Waals surface area contributed by atoms with Crippen molar-refractivity contribution in [2.24, 2.45) is 23.3 Å². The van der Waals surface area contributed by atoms with Gasteiger partial charge in [0.05, 0.1) is 57.8 Å². The molecule has 0 radical (unpaired) electrons. The van der Waals surface area contributed by atoms with E-state index in [1.807, 2.05) is 99.5 Å². The van der Waals surface area contributed by atoms with Crippen LogP contribution in [0.3, 0.4) is 0 Å². The largest absolute Gasteiger partial charge is 1.00 e. The monoisotopic (exact) mass is 1530 g/mol. The number of rotatable bonds is 22. The molecule has 0 spiro atoms. The highest BCUT2D eigenvalue weighted by atomic mass is 79.9. The van der Waals surface area contributed by atoms with Crippen molar-refractivity contribution in [1.29, 1.82) is 10.5 Å². The summed E-state index contributed by atoms with van der Waals surface area (Å²) in [7, 11) is 0. The quantitative estimate of drug-likeness (QED) is 0.0219. The van der Waals surface area contributed by atoms with Crippen LogP contribution >= 0.6 is 22.7 Å². The number of aliphatic hydroxyl groups is 2. The molecule has 0 saturated carbocycles. The Morgan fingerprint density at radius 3 is 1.19 bits per heavy atom. The number of alkyl halides is 3. The maximum Gasteiger partial charge on any atom is 0.430 e. The first kappa shape index (κ1) is 81.4. The molecule has 0 unspecified atom stereocenters. The Morgan fingerprint density at radius 2 is 0.904 bits per heavy atom. The number of hydrogen-bond acceptors (Lipinski definition) is 18. The molecule has 0 aliphatic carbocycles. The van der Waals surface area contributed by atoms with Crippen LogP contribution in [0.1, 0.15) is 119 Å². The van der Waals surface area contributed by atoms with Crippen LogP contribution in [0.5, 0.6) is 11.5 Å². The number of esters is 2. The number of aromatic nitrogens is 8. The zero-order valence-corrected chi connectivity index (χ0v) is 61.2. The number of nitriles is 2. The summed E-state index contributed by atoms with van der Waals surface area (Å²) in [5.74, 6) is -7.86. The Morgan fingerprint density at radius 1 is 0.577 bits per heavy atom. The summed E-state index contributed by atoms with van der Waals surface area (Å²) in [6.45, 7) is 18.9. The lowest BCUT2D eigenvalue weighted by atomic mass is 9.82. The zero-order valence-electron chi connectivity index (χ0n) is 58.0. The van der Waals surface area contributed by atoms with E-state index in [-0.39, 0.29) is 53.0 Å². The molecule has 4 aromatic heterocycles. The number of ether oxygens (including phenoxy) is 2. The third kappa shape index (κ3) is 19.9. The van der Waals surface area contributed by atoms with Gasteiger partial charge in [0.15, 0.2) is 0 Å². The second-order valence-electron chi connectivity index (χ2n) is 25.6. The van der Waals surface area contributed by atoms with E-state index in [2.05, 4.69) is 22.3 Å². The average Bonchev–Trinajstić information content (AvgIpc) is 1.44. The highest BCUT2D eigenvalue weighted by Gasteiger charge is 2.45. The molecule has 6 N–H and O–H groups in total. The number of benzene rings is 6. The van der Waals surface area contributed by atoms with Crippen LogP contribution in [0, 0.1) is 85.5 Å². The number of carbonyl (C=O) groups is 3. The van der Waals surface area contributed by atoms with Crippen LogP contribution in [-0.4, -0.2) is 75.9 Å². The van der Waals surface area contributed by atoms with Crippen LogP contribution in [0.2, 0.25) is 0 Å². The fraction of sp³-hybridized carbons (Fsp3) is 0.311. The SMILES string of the molecule is Cc1cc(C[n+]2cnn(C[C@](O)(c3ccc(F)cc3F)[C@@H](C)c3nc(-c4ccc(C#N)cc4)cs3)c2)cc(C)c1OC(=O)[C@@H](N)C(C)C.Cc1cc(C[n+]2cnn(C[C@](O)(c3ccc(F)cc3F)[C@@H](C)c3nc(-c4ccc(C#N)cc4)cs3)c2)cc(C)c1OC(=O)[C@@H](N)C(C)C.O=C([O-])C(F)(F)F.[Br-]. The van der Waals surface area contributed by atoms with Gasteiger partial charge in [-0.25, -0.2) is 46.3 Å². The van der Waals surface area contributed by atoms with Gasteiger partial charge in [0.1, 0.15) is 77.1 Å². The standard InChI is InChI=1S/2C36H37F2N6O3S.C2HF3O2.BrH/c2*1-21(2)32(40)35(45)47-33-22(3)12-26(13-23(33)4)16-43-19-41-44(20-43)18-36(46,29-11-10-28(37)14-30(29)38)24(5)34-42-31(17-48-34)27-8-6-25(15-39)7-9-27;3-2(4,5)1(6)7;/h2*6-14,17,19-21,24,32,46H,16,18,40H2,1-5H3;(H,6,7);1H/q2*+1;;/p-2/t2*24-,32-,36+;;/m00../s1. The minimum Gasteiger partial charge on any atom is -1.00 e. The molecule has 6 atom stereocenters. The number of carboxylic acid groups (broad SMARTS) is 1. The number of hydrogen-bond donors (Lipinski definition) is 4. The van der Waals surface area contributed by atoms with Crippen molar-refractivity contribution >= 4 is 40.6 Å². The van der Waals surface area contributed by atoms with Crippen molar-refractivity contribution in [2.75, 3.05) is 0 Å². The molecule has 4 heterocycles. The van der Waals surface area contributed by atoms with E-state index in [9.17, 15) is 41.8 Å². The summed E-state index contributed by atoms with van der Waals surface area (Å²) in [4.78, 5) is 43.2. The second-order valence-corrected chi connectivity index (χ2v) is 27.4. The van der Waals surface area contributed by atoms with Crippen LogP contribution in [0.25, 0.3) is 22.5 Å². The van der Waals surface area contributed by atoms with E-state index in [1.165, 1.54) is 44.2 Å². The maximum absolute atomic E-state index is 15.3. The highest BCUT2D eigenvalue weighted by Crippen LogP contribution is 2.44. The van der Waals surface area contributed by atoms with E-state index in [4.69, 9.17) is 51.3 Å². The Labute approximate surface area is 613 Å². The molecule has 0 bridgehead atoms. The third-order valence-corrected chi connectivity index (χ3v) is 19.1. The van der Waals surface area contributed by atoms with Crippen molar-refractivity contribution in [2.45, 2.75) is 137 Å². The van der Waals surface area contributed by atoms with Gasteiger partial charge in [0, 0.05) is 67.2 Å². The number of carboxylic acids is 1. The first-order valence-electron chi connectivity index (χ1n) is 32.1.